The monoisotopic (exact) mass is 515 g/mol. The maximum absolute atomic E-state index is 13.4. The number of rotatable bonds is 12. The van der Waals surface area contributed by atoms with E-state index in [1.165, 1.54) is 10.6 Å². The summed E-state index contributed by atoms with van der Waals surface area (Å²) in [5, 5.41) is 2.92. The Morgan fingerprint density at radius 3 is 2.19 bits per heavy atom. The quantitative estimate of drug-likeness (QED) is 0.455. The molecular weight excluding hydrogens is 474 g/mol. The van der Waals surface area contributed by atoms with Crippen molar-refractivity contribution >= 4 is 27.5 Å². The normalized spacial score (nSPS) is 12.3. The van der Waals surface area contributed by atoms with Crippen molar-refractivity contribution in [3.63, 3.8) is 0 Å². The predicted octanol–water partition coefficient (Wildman–Crippen LogP) is 4.35. The average molecular weight is 516 g/mol. The summed E-state index contributed by atoms with van der Waals surface area (Å²) in [5.74, 6) is -0.0765. The summed E-state index contributed by atoms with van der Waals surface area (Å²) in [6.07, 6.45) is 1.65. The zero-order chi connectivity index (χ0) is 27.0. The van der Waals surface area contributed by atoms with Crippen molar-refractivity contribution in [1.29, 1.82) is 0 Å². The van der Waals surface area contributed by atoms with Crippen molar-refractivity contribution < 1.29 is 18.0 Å². The van der Waals surface area contributed by atoms with Gasteiger partial charge in [0.15, 0.2) is 0 Å². The molecule has 7 nitrogen and oxygen atoms in total. The number of benzene rings is 2. The van der Waals surface area contributed by atoms with E-state index >= 15 is 0 Å². The van der Waals surface area contributed by atoms with Gasteiger partial charge in [-0.3, -0.25) is 13.9 Å². The predicted molar refractivity (Wildman–Crippen MR) is 146 cm³/mol. The Morgan fingerprint density at radius 2 is 1.58 bits per heavy atom. The molecule has 0 saturated heterocycles. The summed E-state index contributed by atoms with van der Waals surface area (Å²) in [6, 6.07) is 12.7. The molecule has 2 amide bonds. The lowest BCUT2D eigenvalue weighted by molar-refractivity contribution is -0.140. The van der Waals surface area contributed by atoms with Crippen LogP contribution in [-0.4, -0.2) is 50.5 Å². The molecule has 0 unspecified atom stereocenters. The van der Waals surface area contributed by atoms with Crippen LogP contribution in [-0.2, 0) is 26.2 Å². The number of aryl methyl sites for hydroxylation is 2. The highest BCUT2D eigenvalue weighted by Crippen LogP contribution is 2.25. The second kappa shape index (κ2) is 12.9. The first kappa shape index (κ1) is 29.4. The Bertz CT molecular complexity index is 1160. The minimum Gasteiger partial charge on any atom is -0.354 e. The van der Waals surface area contributed by atoms with Gasteiger partial charge in [-0.15, -0.1) is 0 Å². The van der Waals surface area contributed by atoms with E-state index in [-0.39, 0.29) is 24.8 Å². The lowest BCUT2D eigenvalue weighted by Gasteiger charge is -2.30. The SMILES string of the molecule is Cc1ccccc1CN(C(=O)CCCN(c1cccc(C)c1C)S(C)(=O)=O)[C@H](C)C(=O)NCC(C)C. The van der Waals surface area contributed by atoms with Crippen LogP contribution in [0.3, 0.4) is 0 Å². The molecule has 8 heteroatoms. The van der Waals surface area contributed by atoms with Crippen LogP contribution >= 0.6 is 0 Å². The minimum atomic E-state index is -3.53. The summed E-state index contributed by atoms with van der Waals surface area (Å²) in [4.78, 5) is 27.9. The van der Waals surface area contributed by atoms with E-state index < -0.39 is 16.1 Å². The molecule has 0 bridgehead atoms. The Hall–Kier alpha value is -2.87. The molecule has 0 aliphatic rings. The summed E-state index contributed by atoms with van der Waals surface area (Å²) < 4.78 is 26.5. The van der Waals surface area contributed by atoms with Crippen molar-refractivity contribution in [2.24, 2.45) is 5.92 Å². The first-order chi connectivity index (χ1) is 16.8. The molecule has 0 aliphatic carbocycles. The molecule has 0 fully saturated rings. The fraction of sp³-hybridized carbons (Fsp3) is 0.500. The van der Waals surface area contributed by atoms with Gasteiger partial charge >= 0.3 is 0 Å². The molecule has 2 aromatic rings. The van der Waals surface area contributed by atoms with Gasteiger partial charge in [0.05, 0.1) is 11.9 Å². The molecule has 2 rings (SSSR count). The molecule has 36 heavy (non-hydrogen) atoms. The maximum atomic E-state index is 13.4. The Balaban J connectivity index is 2.21. The summed E-state index contributed by atoms with van der Waals surface area (Å²) in [5.41, 5.74) is 4.54. The zero-order valence-electron chi connectivity index (χ0n) is 22.7. The molecule has 2 aromatic carbocycles. The number of sulfonamides is 1. The summed E-state index contributed by atoms with van der Waals surface area (Å²) in [6.45, 7) is 12.6. The third kappa shape index (κ3) is 8.08. The largest absolute Gasteiger partial charge is 0.354 e. The third-order valence-electron chi connectivity index (χ3n) is 6.45. The second-order valence-corrected chi connectivity index (χ2v) is 11.8. The van der Waals surface area contributed by atoms with Gasteiger partial charge in [-0.1, -0.05) is 50.2 Å². The van der Waals surface area contributed by atoms with Gasteiger partial charge < -0.3 is 10.2 Å². The minimum absolute atomic E-state index is 0.130. The Kier molecular flexibility index (Phi) is 10.5. The molecule has 0 aliphatic heterocycles. The van der Waals surface area contributed by atoms with Crippen molar-refractivity contribution in [2.45, 2.75) is 67.0 Å². The molecule has 0 heterocycles. The molecule has 0 saturated carbocycles. The van der Waals surface area contributed by atoms with Crippen LogP contribution in [0.25, 0.3) is 0 Å². The smallest absolute Gasteiger partial charge is 0.242 e. The van der Waals surface area contributed by atoms with Crippen LogP contribution in [0.15, 0.2) is 42.5 Å². The molecular formula is C28H41N3O4S. The molecule has 198 valence electrons. The van der Waals surface area contributed by atoms with Gasteiger partial charge in [0, 0.05) is 26.1 Å². The van der Waals surface area contributed by atoms with E-state index in [1.54, 1.807) is 17.9 Å². The highest BCUT2D eigenvalue weighted by atomic mass is 32.2. The first-order valence-corrected chi connectivity index (χ1v) is 14.3. The summed E-state index contributed by atoms with van der Waals surface area (Å²) >= 11 is 0. The van der Waals surface area contributed by atoms with E-state index in [9.17, 15) is 18.0 Å². The van der Waals surface area contributed by atoms with Crippen molar-refractivity contribution in [2.75, 3.05) is 23.7 Å². The molecule has 1 atom stereocenters. The lowest BCUT2D eigenvalue weighted by atomic mass is 10.1. The number of nitrogens with one attached hydrogen (secondary N) is 1. The number of anilines is 1. The fourth-order valence-corrected chi connectivity index (χ4v) is 5.01. The van der Waals surface area contributed by atoms with E-state index in [0.717, 1.165) is 22.3 Å². The average Bonchev–Trinajstić information content (AvgIpc) is 2.80. The Labute approximate surface area is 216 Å². The van der Waals surface area contributed by atoms with Gasteiger partial charge in [-0.25, -0.2) is 8.42 Å². The maximum Gasteiger partial charge on any atom is 0.242 e. The van der Waals surface area contributed by atoms with E-state index in [2.05, 4.69) is 5.32 Å². The van der Waals surface area contributed by atoms with Gasteiger partial charge in [0.1, 0.15) is 6.04 Å². The third-order valence-corrected chi connectivity index (χ3v) is 7.63. The van der Waals surface area contributed by atoms with Crippen molar-refractivity contribution in [1.82, 2.24) is 10.2 Å². The number of carbonyl (C=O) groups excluding carboxylic acids is 2. The van der Waals surface area contributed by atoms with E-state index in [1.807, 2.05) is 71.0 Å². The van der Waals surface area contributed by atoms with Gasteiger partial charge in [-0.2, -0.15) is 0 Å². The van der Waals surface area contributed by atoms with E-state index in [0.29, 0.717) is 31.1 Å². The van der Waals surface area contributed by atoms with Crippen LogP contribution < -0.4 is 9.62 Å². The van der Waals surface area contributed by atoms with Crippen LogP contribution in [0.5, 0.6) is 0 Å². The van der Waals surface area contributed by atoms with Crippen molar-refractivity contribution in [3.05, 3.63) is 64.7 Å². The molecule has 0 radical (unpaired) electrons. The first-order valence-electron chi connectivity index (χ1n) is 12.5. The van der Waals surface area contributed by atoms with Gasteiger partial charge in [0.25, 0.3) is 0 Å². The standard InChI is InChI=1S/C28H41N3O4S/c1-20(2)18-29-28(33)24(6)30(19-25-14-9-8-12-22(25)4)27(32)16-11-17-31(36(7,34)35)26-15-10-13-21(3)23(26)5/h8-10,12-15,20,24H,11,16-19H2,1-7H3,(H,29,33)/t24-/m1/s1. The number of hydrogen-bond acceptors (Lipinski definition) is 4. The van der Waals surface area contributed by atoms with Crippen molar-refractivity contribution in [3.8, 4) is 0 Å². The van der Waals surface area contributed by atoms with E-state index in [4.69, 9.17) is 0 Å². The van der Waals surface area contributed by atoms with Crippen LogP contribution in [0.1, 0.15) is 55.9 Å². The topological polar surface area (TPSA) is 86.8 Å². The van der Waals surface area contributed by atoms with Gasteiger partial charge in [-0.05, 0) is 68.4 Å². The van der Waals surface area contributed by atoms with Crippen LogP contribution in [0.4, 0.5) is 5.69 Å². The zero-order valence-corrected chi connectivity index (χ0v) is 23.5. The number of nitrogens with zero attached hydrogens (tertiary/aromatic N) is 2. The number of amides is 2. The van der Waals surface area contributed by atoms with Gasteiger partial charge in [0.2, 0.25) is 21.8 Å². The molecule has 1 N–H and O–H groups in total. The second-order valence-electron chi connectivity index (χ2n) is 9.92. The Morgan fingerprint density at radius 1 is 0.944 bits per heavy atom. The number of hydrogen-bond donors (Lipinski definition) is 1. The number of carbonyl (C=O) groups is 2. The van der Waals surface area contributed by atoms with Crippen LogP contribution in [0, 0.1) is 26.7 Å². The highest BCUT2D eigenvalue weighted by molar-refractivity contribution is 7.92. The highest BCUT2D eigenvalue weighted by Gasteiger charge is 2.27. The summed E-state index contributed by atoms with van der Waals surface area (Å²) in [7, 11) is -3.53. The fourth-order valence-electron chi connectivity index (χ4n) is 3.99. The lowest BCUT2D eigenvalue weighted by Crippen LogP contribution is -2.48. The van der Waals surface area contributed by atoms with Crippen LogP contribution in [0.2, 0.25) is 0 Å². The molecule has 0 aromatic heterocycles. The molecule has 0 spiro atoms.